The first-order valence-electron chi connectivity index (χ1n) is 12.5. The lowest BCUT2D eigenvalue weighted by Gasteiger charge is -2.10. The highest BCUT2D eigenvalue weighted by atomic mass is 79.9. The number of hydrazone groups is 2. The minimum Gasteiger partial charge on any atom is -0.488 e. The van der Waals surface area contributed by atoms with Crippen LogP contribution in [0.15, 0.2) is 116 Å². The lowest BCUT2D eigenvalue weighted by Crippen LogP contribution is -2.27. The summed E-state index contributed by atoms with van der Waals surface area (Å²) in [5, 5.41) is 7.96. The van der Waals surface area contributed by atoms with E-state index in [4.69, 9.17) is 9.47 Å². The van der Waals surface area contributed by atoms with Gasteiger partial charge >= 0.3 is 0 Å². The molecule has 0 heterocycles. The molecule has 0 aliphatic heterocycles. The Morgan fingerprint density at radius 2 is 1.05 bits per heavy atom. The summed E-state index contributed by atoms with van der Waals surface area (Å²) in [6.45, 7) is 0.772. The number of benzene rings is 4. The van der Waals surface area contributed by atoms with Crippen LogP contribution in [0.5, 0.6) is 11.5 Å². The standard InChI is InChI=1S/C31H26Br2N4O4/c32-26-11-13-28(40-20-22-7-3-1-4-8-22)24(15-26)18-34-36-30(38)17-31(39)37-35-19-25-16-27(33)12-14-29(25)41-21-23-9-5-2-6-10-23/h1-16,18-19H,17,20-21H2,(H,36,38)(H,37,39)/b34-18+,35-19+. The van der Waals surface area contributed by atoms with Gasteiger partial charge in [0.05, 0.1) is 12.4 Å². The fourth-order valence-electron chi connectivity index (χ4n) is 3.55. The van der Waals surface area contributed by atoms with Gasteiger partial charge in [-0.1, -0.05) is 92.5 Å². The van der Waals surface area contributed by atoms with Gasteiger partial charge < -0.3 is 9.47 Å². The number of nitrogens with zero attached hydrogens (tertiary/aromatic N) is 2. The van der Waals surface area contributed by atoms with Gasteiger partial charge in [-0.15, -0.1) is 0 Å². The number of hydrogen-bond acceptors (Lipinski definition) is 6. The topological polar surface area (TPSA) is 101 Å². The summed E-state index contributed by atoms with van der Waals surface area (Å²) >= 11 is 6.87. The van der Waals surface area contributed by atoms with Gasteiger partial charge in [-0.25, -0.2) is 10.9 Å². The van der Waals surface area contributed by atoms with Crippen molar-refractivity contribution in [3.8, 4) is 11.5 Å². The number of amides is 2. The van der Waals surface area contributed by atoms with Crippen LogP contribution in [0.3, 0.4) is 0 Å². The number of rotatable bonds is 12. The van der Waals surface area contributed by atoms with Crippen LogP contribution in [0.25, 0.3) is 0 Å². The minimum atomic E-state index is -0.593. The summed E-state index contributed by atoms with van der Waals surface area (Å²) in [6.07, 6.45) is 2.47. The molecule has 0 aromatic heterocycles. The Bertz CT molecular complexity index is 1420. The Hall–Kier alpha value is -4.28. The number of ether oxygens (including phenoxy) is 2. The van der Waals surface area contributed by atoms with Crippen LogP contribution in [-0.4, -0.2) is 24.2 Å². The molecule has 0 saturated heterocycles. The van der Waals surface area contributed by atoms with Gasteiger partial charge in [-0.05, 0) is 47.5 Å². The van der Waals surface area contributed by atoms with Crippen molar-refractivity contribution in [2.24, 2.45) is 10.2 Å². The Balaban J connectivity index is 1.27. The van der Waals surface area contributed by atoms with Crippen molar-refractivity contribution in [1.82, 2.24) is 10.9 Å². The molecule has 4 rings (SSSR count). The van der Waals surface area contributed by atoms with Crippen LogP contribution in [-0.2, 0) is 22.8 Å². The van der Waals surface area contributed by atoms with Gasteiger partial charge in [-0.2, -0.15) is 10.2 Å². The second-order valence-corrected chi connectivity index (χ2v) is 10.5. The molecule has 8 nitrogen and oxygen atoms in total. The van der Waals surface area contributed by atoms with Gasteiger partial charge in [0.25, 0.3) is 0 Å². The molecule has 0 fully saturated rings. The smallest absolute Gasteiger partial charge is 0.249 e. The zero-order valence-corrected chi connectivity index (χ0v) is 25.0. The van der Waals surface area contributed by atoms with E-state index in [-0.39, 0.29) is 0 Å². The van der Waals surface area contributed by atoms with E-state index in [9.17, 15) is 9.59 Å². The van der Waals surface area contributed by atoms with Crippen molar-refractivity contribution in [2.45, 2.75) is 19.6 Å². The van der Waals surface area contributed by atoms with E-state index in [1.54, 1.807) is 0 Å². The van der Waals surface area contributed by atoms with Gasteiger partial charge in [0.15, 0.2) is 0 Å². The monoisotopic (exact) mass is 676 g/mol. The first-order valence-corrected chi connectivity index (χ1v) is 14.1. The molecule has 0 spiro atoms. The maximum absolute atomic E-state index is 12.3. The second-order valence-electron chi connectivity index (χ2n) is 8.68. The fourth-order valence-corrected chi connectivity index (χ4v) is 4.30. The van der Waals surface area contributed by atoms with Gasteiger partial charge in [0, 0.05) is 20.1 Å². The maximum Gasteiger partial charge on any atom is 0.249 e. The highest BCUT2D eigenvalue weighted by Crippen LogP contribution is 2.24. The van der Waals surface area contributed by atoms with Crippen LogP contribution in [0.2, 0.25) is 0 Å². The fraction of sp³-hybridized carbons (Fsp3) is 0.0968. The summed E-state index contributed by atoms with van der Waals surface area (Å²) in [7, 11) is 0. The molecule has 0 bridgehead atoms. The first-order chi connectivity index (χ1) is 20.0. The zero-order valence-electron chi connectivity index (χ0n) is 21.8. The lowest BCUT2D eigenvalue weighted by atomic mass is 10.2. The molecule has 208 valence electrons. The molecular formula is C31H26Br2N4O4. The number of halogens is 2. The number of carbonyl (C=O) groups excluding carboxylic acids is 2. The van der Waals surface area contributed by atoms with Crippen molar-refractivity contribution >= 4 is 56.1 Å². The summed E-state index contributed by atoms with van der Waals surface area (Å²) in [4.78, 5) is 24.5. The molecule has 0 aliphatic rings. The predicted octanol–water partition coefficient (Wildman–Crippen LogP) is 6.36. The number of carbonyl (C=O) groups is 2. The van der Waals surface area contributed by atoms with E-state index in [2.05, 4.69) is 52.9 Å². The predicted molar refractivity (Wildman–Crippen MR) is 166 cm³/mol. The van der Waals surface area contributed by atoms with Crippen LogP contribution < -0.4 is 20.3 Å². The highest BCUT2D eigenvalue weighted by molar-refractivity contribution is 9.10. The highest BCUT2D eigenvalue weighted by Gasteiger charge is 2.09. The van der Waals surface area contributed by atoms with Crippen molar-refractivity contribution in [3.63, 3.8) is 0 Å². The molecule has 0 aliphatic carbocycles. The number of nitrogens with one attached hydrogen (secondary N) is 2. The van der Waals surface area contributed by atoms with Crippen LogP contribution >= 0.6 is 31.9 Å². The quantitative estimate of drug-likeness (QED) is 0.104. The van der Waals surface area contributed by atoms with Crippen molar-refractivity contribution in [1.29, 1.82) is 0 Å². The van der Waals surface area contributed by atoms with Gasteiger partial charge in [0.2, 0.25) is 11.8 Å². The Kier molecular flexibility index (Phi) is 11.2. The molecule has 2 N–H and O–H groups in total. The average Bonchev–Trinajstić information content (AvgIpc) is 2.97. The summed E-state index contributed by atoms with van der Waals surface area (Å²) in [5.41, 5.74) is 8.08. The Morgan fingerprint density at radius 1 is 0.634 bits per heavy atom. The first kappa shape index (κ1) is 29.7. The van der Waals surface area contributed by atoms with E-state index >= 15 is 0 Å². The largest absolute Gasteiger partial charge is 0.488 e. The summed E-state index contributed by atoms with van der Waals surface area (Å²) in [6, 6.07) is 30.5. The lowest BCUT2D eigenvalue weighted by molar-refractivity contribution is -0.129. The molecule has 41 heavy (non-hydrogen) atoms. The molecule has 10 heteroatoms. The third kappa shape index (κ3) is 10.0. The third-order valence-electron chi connectivity index (χ3n) is 5.52. The zero-order chi connectivity index (χ0) is 28.9. The van der Waals surface area contributed by atoms with E-state index in [0.717, 1.165) is 20.1 Å². The van der Waals surface area contributed by atoms with E-state index in [1.807, 2.05) is 97.1 Å². The summed E-state index contributed by atoms with van der Waals surface area (Å²) in [5.74, 6) is 0.0127. The van der Waals surface area contributed by atoms with E-state index < -0.39 is 18.2 Å². The van der Waals surface area contributed by atoms with E-state index in [0.29, 0.717) is 35.8 Å². The van der Waals surface area contributed by atoms with Crippen molar-refractivity contribution < 1.29 is 19.1 Å². The molecule has 0 radical (unpaired) electrons. The minimum absolute atomic E-state index is 0.386. The molecule has 4 aromatic carbocycles. The average molecular weight is 678 g/mol. The van der Waals surface area contributed by atoms with Crippen LogP contribution in [0.1, 0.15) is 28.7 Å². The molecule has 0 atom stereocenters. The molecule has 4 aromatic rings. The van der Waals surface area contributed by atoms with Gasteiger partial charge in [0.1, 0.15) is 31.1 Å². The van der Waals surface area contributed by atoms with Crippen molar-refractivity contribution in [2.75, 3.05) is 0 Å². The Labute approximate surface area is 254 Å². The molecule has 0 saturated carbocycles. The number of hydrogen-bond donors (Lipinski definition) is 2. The SMILES string of the molecule is O=C(CC(=O)N/N=C/c1cc(Br)ccc1OCc1ccccc1)N/N=C/c1cc(Br)ccc1OCc1ccccc1. The third-order valence-corrected chi connectivity index (χ3v) is 6.51. The van der Waals surface area contributed by atoms with Gasteiger partial charge in [-0.3, -0.25) is 9.59 Å². The Morgan fingerprint density at radius 3 is 1.46 bits per heavy atom. The molecule has 0 unspecified atom stereocenters. The van der Waals surface area contributed by atoms with E-state index in [1.165, 1.54) is 12.4 Å². The molecular weight excluding hydrogens is 652 g/mol. The maximum atomic E-state index is 12.3. The van der Waals surface area contributed by atoms with Crippen molar-refractivity contribution in [3.05, 3.63) is 128 Å². The van der Waals surface area contributed by atoms with Crippen LogP contribution in [0, 0.1) is 0 Å². The molecule has 2 amide bonds. The second kappa shape index (κ2) is 15.5. The van der Waals surface area contributed by atoms with Crippen LogP contribution in [0.4, 0.5) is 0 Å². The summed E-state index contributed by atoms with van der Waals surface area (Å²) < 4.78 is 13.5. The normalized spacial score (nSPS) is 11.0.